The minimum absolute atomic E-state index is 0.603. The van der Waals surface area contributed by atoms with Gasteiger partial charge in [0, 0.05) is 31.5 Å². The van der Waals surface area contributed by atoms with Gasteiger partial charge in [0.05, 0.1) is 10.2 Å². The van der Waals surface area contributed by atoms with Crippen molar-refractivity contribution in [2.75, 3.05) is 24.5 Å². The van der Waals surface area contributed by atoms with Gasteiger partial charge in [0.2, 0.25) is 0 Å². The minimum Gasteiger partial charge on any atom is -0.366 e. The highest BCUT2D eigenvalue weighted by Crippen LogP contribution is 2.30. The van der Waals surface area contributed by atoms with Crippen molar-refractivity contribution in [3.8, 4) is 0 Å². The van der Waals surface area contributed by atoms with E-state index in [1.54, 1.807) is 0 Å². The van der Waals surface area contributed by atoms with E-state index < -0.39 is 0 Å². The van der Waals surface area contributed by atoms with Gasteiger partial charge in [-0.3, -0.25) is 4.98 Å². The lowest BCUT2D eigenvalue weighted by atomic mass is 10.0. The lowest BCUT2D eigenvalue weighted by Gasteiger charge is -2.38. The van der Waals surface area contributed by atoms with Crippen molar-refractivity contribution in [2.24, 2.45) is 5.92 Å². The van der Waals surface area contributed by atoms with Crippen LogP contribution in [0.1, 0.15) is 33.1 Å². The predicted molar refractivity (Wildman–Crippen MR) is 84.6 cm³/mol. The molecule has 1 atom stereocenters. The van der Waals surface area contributed by atoms with Gasteiger partial charge in [-0.1, -0.05) is 13.8 Å². The van der Waals surface area contributed by atoms with E-state index in [2.05, 4.69) is 51.0 Å². The maximum atomic E-state index is 4.16. The van der Waals surface area contributed by atoms with Crippen molar-refractivity contribution in [2.45, 2.75) is 39.2 Å². The van der Waals surface area contributed by atoms with Crippen LogP contribution in [0.15, 0.2) is 22.9 Å². The van der Waals surface area contributed by atoms with Gasteiger partial charge >= 0.3 is 0 Å². The Morgan fingerprint density at radius 1 is 1.47 bits per heavy atom. The first-order valence-electron chi connectivity index (χ1n) is 7.25. The lowest BCUT2D eigenvalue weighted by molar-refractivity contribution is 0.422. The van der Waals surface area contributed by atoms with Crippen LogP contribution in [-0.4, -0.2) is 30.7 Å². The molecular weight excluding hydrogens is 302 g/mol. The Bertz CT molecular complexity index is 395. The zero-order chi connectivity index (χ0) is 13.7. The molecule has 2 rings (SSSR count). The second-order valence-corrected chi connectivity index (χ2v) is 6.58. The number of nitrogens with one attached hydrogen (secondary N) is 1. The van der Waals surface area contributed by atoms with Crippen LogP contribution in [0.2, 0.25) is 0 Å². The Morgan fingerprint density at radius 3 is 3.05 bits per heavy atom. The lowest BCUT2D eigenvalue weighted by Crippen LogP contribution is -2.46. The Hall–Kier alpha value is -0.610. The van der Waals surface area contributed by atoms with Gasteiger partial charge in [0.1, 0.15) is 0 Å². The quantitative estimate of drug-likeness (QED) is 0.898. The first-order valence-corrected chi connectivity index (χ1v) is 8.04. The summed E-state index contributed by atoms with van der Waals surface area (Å²) >= 11 is 3.63. The fraction of sp³-hybridized carbons (Fsp3) is 0.667. The SMILES string of the molecule is CC(C)CNCC1CCCCN1c1ccncc1Br. The molecule has 1 N–H and O–H groups in total. The monoisotopic (exact) mass is 325 g/mol. The van der Waals surface area contributed by atoms with Gasteiger partial charge < -0.3 is 10.2 Å². The molecule has 1 aromatic rings. The average Bonchev–Trinajstić information content (AvgIpc) is 2.40. The molecule has 0 spiro atoms. The highest BCUT2D eigenvalue weighted by molar-refractivity contribution is 9.10. The van der Waals surface area contributed by atoms with E-state index in [4.69, 9.17) is 0 Å². The molecule has 3 nitrogen and oxygen atoms in total. The predicted octanol–water partition coefficient (Wildman–Crippen LogP) is 3.45. The molecule has 0 saturated carbocycles. The number of hydrogen-bond donors (Lipinski definition) is 1. The first kappa shape index (κ1) is 14.8. The van der Waals surface area contributed by atoms with Crippen molar-refractivity contribution in [1.82, 2.24) is 10.3 Å². The number of aromatic nitrogens is 1. The molecule has 0 amide bonds. The standard InChI is InChI=1S/C15H24BrN3/c1-12(2)9-18-10-13-5-3-4-8-19(13)15-6-7-17-11-14(15)16/h6-7,11-13,18H,3-5,8-10H2,1-2H3. The van der Waals surface area contributed by atoms with Crippen LogP contribution in [0.3, 0.4) is 0 Å². The zero-order valence-corrected chi connectivity index (χ0v) is 13.5. The van der Waals surface area contributed by atoms with Crippen molar-refractivity contribution in [3.05, 3.63) is 22.9 Å². The Labute approximate surface area is 124 Å². The molecule has 2 heterocycles. The fourth-order valence-electron chi connectivity index (χ4n) is 2.67. The number of nitrogens with zero attached hydrogens (tertiary/aromatic N) is 2. The normalized spacial score (nSPS) is 20.0. The number of pyridine rings is 1. The summed E-state index contributed by atoms with van der Waals surface area (Å²) in [6.07, 6.45) is 7.68. The average molecular weight is 326 g/mol. The van der Waals surface area contributed by atoms with Crippen molar-refractivity contribution in [3.63, 3.8) is 0 Å². The molecule has 1 aliphatic heterocycles. The molecule has 0 radical (unpaired) electrons. The van der Waals surface area contributed by atoms with Crippen LogP contribution < -0.4 is 10.2 Å². The molecule has 1 unspecified atom stereocenters. The number of anilines is 1. The Kier molecular flexibility index (Phi) is 5.64. The van der Waals surface area contributed by atoms with Crippen molar-refractivity contribution >= 4 is 21.6 Å². The van der Waals surface area contributed by atoms with Gasteiger partial charge in [-0.25, -0.2) is 0 Å². The summed E-state index contributed by atoms with van der Waals surface area (Å²) in [5.41, 5.74) is 1.28. The van der Waals surface area contributed by atoms with Crippen LogP contribution in [0, 0.1) is 5.92 Å². The number of hydrogen-bond acceptors (Lipinski definition) is 3. The summed E-state index contributed by atoms with van der Waals surface area (Å²) in [5.74, 6) is 0.713. The van der Waals surface area contributed by atoms with Gasteiger partial charge in [0.15, 0.2) is 0 Å². The van der Waals surface area contributed by atoms with E-state index in [0.29, 0.717) is 12.0 Å². The van der Waals surface area contributed by atoms with Gasteiger partial charge in [0.25, 0.3) is 0 Å². The number of piperidine rings is 1. The minimum atomic E-state index is 0.603. The van der Waals surface area contributed by atoms with Crippen molar-refractivity contribution < 1.29 is 0 Å². The topological polar surface area (TPSA) is 28.2 Å². The molecule has 1 aliphatic rings. The largest absolute Gasteiger partial charge is 0.366 e. The Balaban J connectivity index is 2.02. The molecular formula is C15H24BrN3. The summed E-state index contributed by atoms with van der Waals surface area (Å²) < 4.78 is 1.10. The molecule has 0 bridgehead atoms. The maximum absolute atomic E-state index is 4.16. The van der Waals surface area contributed by atoms with E-state index in [-0.39, 0.29) is 0 Å². The summed E-state index contributed by atoms with van der Waals surface area (Å²) in [4.78, 5) is 6.69. The third-order valence-corrected chi connectivity index (χ3v) is 4.23. The summed E-state index contributed by atoms with van der Waals surface area (Å²) in [5, 5.41) is 3.60. The maximum Gasteiger partial charge on any atom is 0.0592 e. The number of rotatable bonds is 5. The fourth-order valence-corrected chi connectivity index (χ4v) is 3.15. The molecule has 106 valence electrons. The highest BCUT2D eigenvalue weighted by Gasteiger charge is 2.23. The second-order valence-electron chi connectivity index (χ2n) is 5.72. The molecule has 19 heavy (non-hydrogen) atoms. The van der Waals surface area contributed by atoms with E-state index >= 15 is 0 Å². The molecule has 1 saturated heterocycles. The smallest absolute Gasteiger partial charge is 0.0592 e. The third kappa shape index (κ3) is 4.18. The van der Waals surface area contributed by atoms with Crippen LogP contribution in [0.25, 0.3) is 0 Å². The van der Waals surface area contributed by atoms with E-state index in [9.17, 15) is 0 Å². The third-order valence-electron chi connectivity index (χ3n) is 3.62. The number of halogens is 1. The van der Waals surface area contributed by atoms with E-state index in [1.807, 2.05) is 12.4 Å². The summed E-state index contributed by atoms with van der Waals surface area (Å²) in [6.45, 7) is 7.83. The summed E-state index contributed by atoms with van der Waals surface area (Å²) in [7, 11) is 0. The molecule has 0 aromatic carbocycles. The second kappa shape index (κ2) is 7.25. The van der Waals surface area contributed by atoms with E-state index in [1.165, 1.54) is 24.9 Å². The zero-order valence-electron chi connectivity index (χ0n) is 11.9. The summed E-state index contributed by atoms with van der Waals surface area (Å²) in [6, 6.07) is 2.72. The van der Waals surface area contributed by atoms with Crippen molar-refractivity contribution in [1.29, 1.82) is 0 Å². The molecule has 1 fully saturated rings. The van der Waals surface area contributed by atoms with Gasteiger partial charge in [-0.05, 0) is 53.7 Å². The van der Waals surface area contributed by atoms with Gasteiger partial charge in [-0.2, -0.15) is 0 Å². The first-order chi connectivity index (χ1) is 9.18. The van der Waals surface area contributed by atoms with E-state index in [0.717, 1.165) is 24.1 Å². The van der Waals surface area contributed by atoms with Crippen LogP contribution >= 0.6 is 15.9 Å². The van der Waals surface area contributed by atoms with Gasteiger partial charge in [-0.15, -0.1) is 0 Å². The molecule has 1 aromatic heterocycles. The van der Waals surface area contributed by atoms with Crippen LogP contribution in [0.5, 0.6) is 0 Å². The van der Waals surface area contributed by atoms with Crippen LogP contribution in [0.4, 0.5) is 5.69 Å². The molecule has 0 aliphatic carbocycles. The molecule has 4 heteroatoms. The van der Waals surface area contributed by atoms with Crippen LogP contribution in [-0.2, 0) is 0 Å². The Morgan fingerprint density at radius 2 is 2.32 bits per heavy atom. The highest BCUT2D eigenvalue weighted by atomic mass is 79.9.